The minimum Gasteiger partial charge on any atom is -0.464 e. The lowest BCUT2D eigenvalue weighted by Gasteiger charge is -2.31. The SMILES string of the molecule is CCCCC[C@@H](OCc1ccccc1)[C@](C)(O)C(=O)OCC. The van der Waals surface area contributed by atoms with Gasteiger partial charge in [0.1, 0.15) is 0 Å². The highest BCUT2D eigenvalue weighted by molar-refractivity contribution is 5.79. The van der Waals surface area contributed by atoms with Gasteiger partial charge in [-0.2, -0.15) is 0 Å². The number of ether oxygens (including phenoxy) is 2. The summed E-state index contributed by atoms with van der Waals surface area (Å²) in [5, 5.41) is 10.6. The maximum absolute atomic E-state index is 12.0. The molecule has 0 bridgehead atoms. The van der Waals surface area contributed by atoms with Crippen molar-refractivity contribution >= 4 is 5.97 Å². The van der Waals surface area contributed by atoms with Crippen LogP contribution in [-0.4, -0.2) is 29.4 Å². The van der Waals surface area contributed by atoms with Crippen LogP contribution < -0.4 is 0 Å². The molecule has 4 heteroatoms. The van der Waals surface area contributed by atoms with Gasteiger partial charge in [-0.05, 0) is 25.8 Å². The molecule has 0 unspecified atom stereocenters. The predicted octanol–water partition coefficient (Wildman–Crippen LogP) is 3.47. The first kappa shape index (κ1) is 18.7. The van der Waals surface area contributed by atoms with Crippen LogP contribution in [0.3, 0.4) is 0 Å². The number of aliphatic hydroxyl groups is 1. The summed E-state index contributed by atoms with van der Waals surface area (Å²) >= 11 is 0. The molecule has 0 saturated carbocycles. The van der Waals surface area contributed by atoms with Crippen LogP contribution in [0.25, 0.3) is 0 Å². The maximum atomic E-state index is 12.0. The van der Waals surface area contributed by atoms with Crippen LogP contribution in [0.15, 0.2) is 30.3 Å². The number of rotatable bonds is 10. The quantitative estimate of drug-likeness (QED) is 0.531. The highest BCUT2D eigenvalue weighted by Gasteiger charge is 2.41. The van der Waals surface area contributed by atoms with E-state index in [0.29, 0.717) is 13.0 Å². The largest absolute Gasteiger partial charge is 0.464 e. The Bertz CT molecular complexity index is 428. The summed E-state index contributed by atoms with van der Waals surface area (Å²) in [5.41, 5.74) is -0.610. The molecule has 0 radical (unpaired) electrons. The van der Waals surface area contributed by atoms with Crippen molar-refractivity contribution in [2.75, 3.05) is 6.61 Å². The third kappa shape index (κ3) is 5.78. The minimum absolute atomic E-state index is 0.245. The van der Waals surface area contributed by atoms with Gasteiger partial charge in [0, 0.05) is 0 Å². The molecule has 0 aliphatic carbocycles. The predicted molar refractivity (Wildman–Crippen MR) is 86.4 cm³/mol. The molecule has 0 aliphatic heterocycles. The fourth-order valence-electron chi connectivity index (χ4n) is 2.29. The number of carbonyl (C=O) groups excluding carboxylic acids is 1. The second-order valence-corrected chi connectivity index (χ2v) is 5.65. The van der Waals surface area contributed by atoms with Gasteiger partial charge in [0.25, 0.3) is 0 Å². The van der Waals surface area contributed by atoms with Gasteiger partial charge in [-0.3, -0.25) is 0 Å². The number of esters is 1. The molecule has 1 aromatic rings. The van der Waals surface area contributed by atoms with Gasteiger partial charge in [0.2, 0.25) is 0 Å². The second-order valence-electron chi connectivity index (χ2n) is 5.65. The Kier molecular flexibility index (Phi) is 8.13. The Morgan fingerprint density at radius 2 is 1.91 bits per heavy atom. The lowest BCUT2D eigenvalue weighted by molar-refractivity contribution is -0.182. The molecule has 1 rings (SSSR count). The summed E-state index contributed by atoms with van der Waals surface area (Å²) in [6.45, 7) is 5.93. The van der Waals surface area contributed by atoms with E-state index in [1.54, 1.807) is 6.92 Å². The molecule has 0 saturated heterocycles. The van der Waals surface area contributed by atoms with E-state index in [1.165, 1.54) is 6.92 Å². The Hall–Kier alpha value is -1.39. The van der Waals surface area contributed by atoms with Crippen LogP contribution in [0.1, 0.15) is 52.0 Å². The summed E-state index contributed by atoms with van der Waals surface area (Å²) in [5.74, 6) is -0.621. The van der Waals surface area contributed by atoms with E-state index in [9.17, 15) is 9.90 Å². The van der Waals surface area contributed by atoms with Crippen LogP contribution in [0.4, 0.5) is 0 Å². The van der Waals surface area contributed by atoms with E-state index in [2.05, 4.69) is 6.92 Å². The van der Waals surface area contributed by atoms with Gasteiger partial charge in [-0.15, -0.1) is 0 Å². The third-order valence-electron chi connectivity index (χ3n) is 3.68. The first-order valence-electron chi connectivity index (χ1n) is 8.07. The second kappa shape index (κ2) is 9.59. The molecule has 22 heavy (non-hydrogen) atoms. The lowest BCUT2D eigenvalue weighted by Crippen LogP contribution is -2.49. The molecule has 124 valence electrons. The summed E-state index contributed by atoms with van der Waals surface area (Å²) in [4.78, 5) is 12.0. The number of hydrogen-bond acceptors (Lipinski definition) is 4. The Balaban J connectivity index is 2.71. The Labute approximate surface area is 133 Å². The summed E-state index contributed by atoms with van der Waals surface area (Å²) < 4.78 is 10.8. The van der Waals surface area contributed by atoms with E-state index in [4.69, 9.17) is 9.47 Å². The Morgan fingerprint density at radius 3 is 2.50 bits per heavy atom. The van der Waals surface area contributed by atoms with Gasteiger partial charge in [0.15, 0.2) is 5.60 Å². The number of hydrogen-bond donors (Lipinski definition) is 1. The van der Waals surface area contributed by atoms with Crippen LogP contribution >= 0.6 is 0 Å². The monoisotopic (exact) mass is 308 g/mol. The van der Waals surface area contributed by atoms with Gasteiger partial charge in [0.05, 0.1) is 19.3 Å². The fraction of sp³-hybridized carbons (Fsp3) is 0.611. The molecule has 2 atom stereocenters. The Morgan fingerprint density at radius 1 is 1.23 bits per heavy atom. The van der Waals surface area contributed by atoms with Crippen LogP contribution in [0.5, 0.6) is 0 Å². The smallest absolute Gasteiger partial charge is 0.340 e. The van der Waals surface area contributed by atoms with Crippen molar-refractivity contribution in [1.29, 1.82) is 0 Å². The molecular weight excluding hydrogens is 280 g/mol. The van der Waals surface area contributed by atoms with E-state index < -0.39 is 17.7 Å². The zero-order valence-corrected chi connectivity index (χ0v) is 13.9. The molecule has 0 fully saturated rings. The van der Waals surface area contributed by atoms with Crippen molar-refractivity contribution in [3.05, 3.63) is 35.9 Å². The highest BCUT2D eigenvalue weighted by Crippen LogP contribution is 2.23. The molecule has 4 nitrogen and oxygen atoms in total. The van der Waals surface area contributed by atoms with Gasteiger partial charge < -0.3 is 14.6 Å². The highest BCUT2D eigenvalue weighted by atomic mass is 16.6. The third-order valence-corrected chi connectivity index (χ3v) is 3.68. The molecule has 0 aliphatic rings. The van der Waals surface area contributed by atoms with E-state index in [-0.39, 0.29) is 6.61 Å². The average molecular weight is 308 g/mol. The van der Waals surface area contributed by atoms with Crippen LogP contribution in [-0.2, 0) is 20.9 Å². The van der Waals surface area contributed by atoms with Crippen LogP contribution in [0, 0.1) is 0 Å². The first-order chi connectivity index (χ1) is 10.5. The van der Waals surface area contributed by atoms with Crippen molar-refractivity contribution in [2.45, 2.75) is 64.8 Å². The lowest BCUT2D eigenvalue weighted by atomic mass is 9.94. The molecular formula is C18H28O4. The van der Waals surface area contributed by atoms with Crippen LogP contribution in [0.2, 0.25) is 0 Å². The standard InChI is InChI=1S/C18H28O4/c1-4-6-8-13-16(18(3,20)17(19)21-5-2)22-14-15-11-9-7-10-12-15/h7,9-12,16,20H,4-6,8,13-14H2,1-3H3/t16-,18+/m1/s1. The summed E-state index contributed by atoms with van der Waals surface area (Å²) in [6, 6.07) is 9.74. The molecule has 0 amide bonds. The van der Waals surface area contributed by atoms with E-state index >= 15 is 0 Å². The summed E-state index contributed by atoms with van der Waals surface area (Å²) in [6.07, 6.45) is 3.09. The normalized spacial score (nSPS) is 15.1. The maximum Gasteiger partial charge on any atom is 0.340 e. The molecule has 1 N–H and O–H groups in total. The molecule has 1 aromatic carbocycles. The topological polar surface area (TPSA) is 55.8 Å². The zero-order chi connectivity index (χ0) is 16.4. The average Bonchev–Trinajstić information content (AvgIpc) is 2.51. The number of unbranched alkanes of at least 4 members (excludes halogenated alkanes) is 2. The number of carbonyl (C=O) groups is 1. The van der Waals surface area contributed by atoms with Gasteiger partial charge in [-0.25, -0.2) is 4.79 Å². The number of benzene rings is 1. The fourth-order valence-corrected chi connectivity index (χ4v) is 2.29. The van der Waals surface area contributed by atoms with E-state index in [1.807, 2.05) is 30.3 Å². The molecule has 0 aromatic heterocycles. The van der Waals surface area contributed by atoms with Crippen molar-refractivity contribution in [3.8, 4) is 0 Å². The van der Waals surface area contributed by atoms with Crippen molar-refractivity contribution in [1.82, 2.24) is 0 Å². The molecule has 0 heterocycles. The van der Waals surface area contributed by atoms with Gasteiger partial charge >= 0.3 is 5.97 Å². The zero-order valence-electron chi connectivity index (χ0n) is 13.9. The van der Waals surface area contributed by atoms with Crippen molar-refractivity contribution < 1.29 is 19.4 Å². The van der Waals surface area contributed by atoms with E-state index in [0.717, 1.165) is 24.8 Å². The van der Waals surface area contributed by atoms with Crippen molar-refractivity contribution in [3.63, 3.8) is 0 Å². The molecule has 0 spiro atoms. The van der Waals surface area contributed by atoms with Gasteiger partial charge in [-0.1, -0.05) is 56.5 Å². The summed E-state index contributed by atoms with van der Waals surface area (Å²) in [7, 11) is 0. The van der Waals surface area contributed by atoms with Crippen molar-refractivity contribution in [2.24, 2.45) is 0 Å². The minimum atomic E-state index is -1.63. The first-order valence-corrected chi connectivity index (χ1v) is 8.07.